The summed E-state index contributed by atoms with van der Waals surface area (Å²) < 4.78 is 0. The second-order valence-corrected chi connectivity index (χ2v) is 4.16. The summed E-state index contributed by atoms with van der Waals surface area (Å²) in [7, 11) is 0. The van der Waals surface area contributed by atoms with Gasteiger partial charge in [-0.3, -0.25) is 0 Å². The summed E-state index contributed by atoms with van der Waals surface area (Å²) in [5, 5.41) is 0. The van der Waals surface area contributed by atoms with E-state index in [9.17, 15) is 0 Å². The monoisotopic (exact) mass is 206 g/mol. The van der Waals surface area contributed by atoms with Crippen LogP contribution in [0, 0.1) is 0 Å². The molecule has 0 aliphatic carbocycles. The molecule has 0 amide bonds. The summed E-state index contributed by atoms with van der Waals surface area (Å²) in [4.78, 5) is 0. The summed E-state index contributed by atoms with van der Waals surface area (Å²) in [6, 6.07) is 8.70. The highest BCUT2D eigenvalue weighted by atomic mass is 14.7. The van der Waals surface area contributed by atoms with Crippen LogP contribution in [0.15, 0.2) is 24.3 Å². The van der Waals surface area contributed by atoms with Gasteiger partial charge in [0.1, 0.15) is 0 Å². The van der Waals surface area contributed by atoms with E-state index in [1.165, 1.54) is 17.5 Å². The van der Waals surface area contributed by atoms with Crippen LogP contribution < -0.4 is 11.5 Å². The Morgan fingerprint density at radius 2 is 1.67 bits per heavy atom. The molecular weight excluding hydrogens is 184 g/mol. The molecule has 1 rings (SSSR count). The fourth-order valence-corrected chi connectivity index (χ4v) is 1.65. The van der Waals surface area contributed by atoms with Crippen molar-refractivity contribution < 1.29 is 0 Å². The zero-order valence-corrected chi connectivity index (χ0v) is 9.74. The van der Waals surface area contributed by atoms with Crippen molar-refractivity contribution in [3.8, 4) is 0 Å². The first-order valence-corrected chi connectivity index (χ1v) is 5.74. The first-order valence-electron chi connectivity index (χ1n) is 5.74. The van der Waals surface area contributed by atoms with Crippen molar-refractivity contribution >= 4 is 0 Å². The van der Waals surface area contributed by atoms with Gasteiger partial charge in [0.05, 0.1) is 0 Å². The van der Waals surface area contributed by atoms with E-state index in [1.54, 1.807) is 0 Å². The Balaban J connectivity index is 2.71. The Bertz CT molecular complexity index is 279. The quantitative estimate of drug-likeness (QED) is 0.778. The minimum absolute atomic E-state index is 0.0842. The highest BCUT2D eigenvalue weighted by Crippen LogP contribution is 2.21. The lowest BCUT2D eigenvalue weighted by Crippen LogP contribution is -2.15. The van der Waals surface area contributed by atoms with Gasteiger partial charge in [0.2, 0.25) is 0 Å². The lowest BCUT2D eigenvalue weighted by Gasteiger charge is -2.13. The van der Waals surface area contributed by atoms with Crippen LogP contribution in [-0.4, -0.2) is 6.54 Å². The van der Waals surface area contributed by atoms with Gasteiger partial charge in [-0.25, -0.2) is 0 Å². The molecule has 1 aromatic rings. The molecule has 0 heterocycles. The Hall–Kier alpha value is -0.860. The van der Waals surface area contributed by atoms with Crippen LogP contribution >= 0.6 is 0 Å². The first kappa shape index (κ1) is 12.2. The van der Waals surface area contributed by atoms with E-state index in [0.717, 1.165) is 6.42 Å². The second kappa shape index (κ2) is 5.89. The Kier molecular flexibility index (Phi) is 4.79. The van der Waals surface area contributed by atoms with E-state index < -0.39 is 0 Å². The van der Waals surface area contributed by atoms with E-state index in [4.69, 9.17) is 11.5 Å². The molecule has 2 nitrogen and oxygen atoms in total. The maximum atomic E-state index is 5.98. The molecule has 2 unspecified atom stereocenters. The molecule has 84 valence electrons. The minimum Gasteiger partial charge on any atom is -0.330 e. The summed E-state index contributed by atoms with van der Waals surface area (Å²) in [5.41, 5.74) is 14.0. The van der Waals surface area contributed by atoms with Gasteiger partial charge in [-0.05, 0) is 36.4 Å². The highest BCUT2D eigenvalue weighted by molar-refractivity contribution is 5.26. The number of hydrogen-bond donors (Lipinski definition) is 2. The molecule has 0 saturated heterocycles. The van der Waals surface area contributed by atoms with Crippen LogP contribution in [0.1, 0.15) is 49.8 Å². The summed E-state index contributed by atoms with van der Waals surface area (Å²) in [6.07, 6.45) is 2.02. The van der Waals surface area contributed by atoms with Gasteiger partial charge < -0.3 is 11.5 Å². The lowest BCUT2D eigenvalue weighted by atomic mass is 9.95. The topological polar surface area (TPSA) is 52.0 Å². The lowest BCUT2D eigenvalue weighted by molar-refractivity contribution is 0.659. The molecule has 15 heavy (non-hydrogen) atoms. The molecular formula is C13H22N2. The third-order valence-electron chi connectivity index (χ3n) is 3.02. The van der Waals surface area contributed by atoms with Crippen LogP contribution in [0.5, 0.6) is 0 Å². The van der Waals surface area contributed by atoms with E-state index >= 15 is 0 Å². The molecule has 4 N–H and O–H groups in total. The first-order chi connectivity index (χ1) is 7.19. The Morgan fingerprint density at radius 3 is 2.13 bits per heavy atom. The van der Waals surface area contributed by atoms with Gasteiger partial charge in [-0.2, -0.15) is 0 Å². The molecule has 0 aromatic heterocycles. The molecule has 2 heteroatoms. The standard InChI is InChI=1S/C13H22N2/c1-3-10(2)11-4-6-12(7-5-11)13(15)8-9-14/h4-7,10,13H,3,8-9,14-15H2,1-2H3. The van der Waals surface area contributed by atoms with Crippen molar-refractivity contribution in [1.82, 2.24) is 0 Å². The molecule has 0 spiro atoms. The third kappa shape index (κ3) is 3.33. The van der Waals surface area contributed by atoms with Gasteiger partial charge in [0, 0.05) is 6.04 Å². The van der Waals surface area contributed by atoms with E-state index in [0.29, 0.717) is 12.5 Å². The number of benzene rings is 1. The summed E-state index contributed by atoms with van der Waals surface area (Å²) in [5.74, 6) is 0.629. The van der Waals surface area contributed by atoms with Crippen molar-refractivity contribution in [2.24, 2.45) is 11.5 Å². The Morgan fingerprint density at radius 1 is 1.13 bits per heavy atom. The predicted octanol–water partition coefficient (Wildman–Crippen LogP) is 2.55. The number of hydrogen-bond acceptors (Lipinski definition) is 2. The molecule has 0 aliphatic rings. The molecule has 0 radical (unpaired) electrons. The van der Waals surface area contributed by atoms with Gasteiger partial charge in [0.15, 0.2) is 0 Å². The average Bonchev–Trinajstić information content (AvgIpc) is 2.28. The van der Waals surface area contributed by atoms with Gasteiger partial charge in [-0.15, -0.1) is 0 Å². The van der Waals surface area contributed by atoms with Crippen molar-refractivity contribution in [2.75, 3.05) is 6.54 Å². The zero-order chi connectivity index (χ0) is 11.3. The fraction of sp³-hybridized carbons (Fsp3) is 0.538. The van der Waals surface area contributed by atoms with Crippen molar-refractivity contribution in [3.05, 3.63) is 35.4 Å². The molecule has 0 saturated carbocycles. The maximum Gasteiger partial charge on any atom is 0.0306 e. The van der Waals surface area contributed by atoms with Crippen molar-refractivity contribution in [1.29, 1.82) is 0 Å². The SMILES string of the molecule is CCC(C)c1ccc(C(N)CCN)cc1. The highest BCUT2D eigenvalue weighted by Gasteiger charge is 2.06. The normalized spacial score (nSPS) is 14.9. The van der Waals surface area contributed by atoms with Crippen LogP contribution in [0.4, 0.5) is 0 Å². The van der Waals surface area contributed by atoms with E-state index in [1.807, 2.05) is 0 Å². The summed E-state index contributed by atoms with van der Waals surface area (Å²) in [6.45, 7) is 5.10. The van der Waals surface area contributed by atoms with Crippen molar-refractivity contribution in [3.63, 3.8) is 0 Å². The van der Waals surface area contributed by atoms with Crippen LogP contribution in [0.2, 0.25) is 0 Å². The number of nitrogens with two attached hydrogens (primary N) is 2. The van der Waals surface area contributed by atoms with E-state index in [2.05, 4.69) is 38.1 Å². The molecule has 0 fully saturated rings. The molecule has 2 atom stereocenters. The largest absolute Gasteiger partial charge is 0.330 e. The zero-order valence-electron chi connectivity index (χ0n) is 9.74. The van der Waals surface area contributed by atoms with Crippen LogP contribution in [0.25, 0.3) is 0 Å². The van der Waals surface area contributed by atoms with Gasteiger partial charge >= 0.3 is 0 Å². The predicted molar refractivity (Wildman–Crippen MR) is 65.7 cm³/mol. The second-order valence-electron chi connectivity index (χ2n) is 4.16. The summed E-state index contributed by atoms with van der Waals surface area (Å²) >= 11 is 0. The molecule has 0 bridgehead atoms. The third-order valence-corrected chi connectivity index (χ3v) is 3.02. The Labute approximate surface area is 92.7 Å². The van der Waals surface area contributed by atoms with Gasteiger partial charge in [-0.1, -0.05) is 38.1 Å². The number of rotatable bonds is 5. The average molecular weight is 206 g/mol. The van der Waals surface area contributed by atoms with E-state index in [-0.39, 0.29) is 6.04 Å². The fourth-order valence-electron chi connectivity index (χ4n) is 1.65. The molecule has 0 aliphatic heterocycles. The maximum absolute atomic E-state index is 5.98. The van der Waals surface area contributed by atoms with Gasteiger partial charge in [0.25, 0.3) is 0 Å². The van der Waals surface area contributed by atoms with Crippen molar-refractivity contribution in [2.45, 2.75) is 38.6 Å². The van der Waals surface area contributed by atoms with Crippen LogP contribution in [0.3, 0.4) is 0 Å². The minimum atomic E-state index is 0.0842. The smallest absolute Gasteiger partial charge is 0.0306 e. The molecule has 1 aromatic carbocycles. The van der Waals surface area contributed by atoms with Crippen LogP contribution in [-0.2, 0) is 0 Å².